The third-order valence-corrected chi connectivity index (χ3v) is 4.06. The molecule has 1 nitrogen and oxygen atoms in total. The van der Waals surface area contributed by atoms with Crippen molar-refractivity contribution in [2.45, 2.75) is 81.3 Å². The quantitative estimate of drug-likeness (QED) is 0.636. The Morgan fingerprint density at radius 3 is 1.71 bits per heavy atom. The van der Waals surface area contributed by atoms with Gasteiger partial charge in [-0.25, -0.2) is 0 Å². The van der Waals surface area contributed by atoms with Crippen molar-refractivity contribution < 1.29 is 4.74 Å². The fourth-order valence-electron chi connectivity index (χ4n) is 1.29. The van der Waals surface area contributed by atoms with Crippen LogP contribution in [-0.2, 0) is 4.74 Å². The van der Waals surface area contributed by atoms with Crippen molar-refractivity contribution in [1.82, 2.24) is 0 Å². The van der Waals surface area contributed by atoms with Gasteiger partial charge < -0.3 is 4.74 Å². The molecule has 0 aromatic rings. The first-order valence-electron chi connectivity index (χ1n) is 6.97. The molecule has 17 heavy (non-hydrogen) atoms. The molecule has 0 aliphatic carbocycles. The van der Waals surface area contributed by atoms with Gasteiger partial charge in [-0.05, 0) is 36.0 Å². The number of hydrogen-bond donors (Lipinski definition) is 0. The fraction of sp³-hybridized carbons (Fsp3) is 1.00. The van der Waals surface area contributed by atoms with E-state index < -0.39 is 0 Å². The van der Waals surface area contributed by atoms with E-state index in [0.29, 0.717) is 11.5 Å². The summed E-state index contributed by atoms with van der Waals surface area (Å²) >= 11 is 0. The summed E-state index contributed by atoms with van der Waals surface area (Å²) in [6, 6.07) is 0. The summed E-state index contributed by atoms with van der Waals surface area (Å²) in [5.74, 6) is 0. The van der Waals surface area contributed by atoms with Crippen molar-refractivity contribution in [3.63, 3.8) is 0 Å². The Labute approximate surface area is 109 Å². The molecule has 0 aromatic heterocycles. The molecule has 0 saturated heterocycles. The summed E-state index contributed by atoms with van der Waals surface area (Å²) in [7, 11) is 0. The van der Waals surface area contributed by atoms with Crippen molar-refractivity contribution in [2.24, 2.45) is 16.2 Å². The first-order valence-corrected chi connectivity index (χ1v) is 6.97. The minimum absolute atomic E-state index is 0.225. The molecule has 0 heterocycles. The van der Waals surface area contributed by atoms with Crippen LogP contribution >= 0.6 is 0 Å². The average Bonchev–Trinajstić information content (AvgIpc) is 2.08. The lowest BCUT2D eigenvalue weighted by atomic mass is 9.70. The Bertz CT molecular complexity index is 215. The zero-order valence-electron chi connectivity index (χ0n) is 13.6. The van der Waals surface area contributed by atoms with Crippen LogP contribution in [-0.4, -0.2) is 12.7 Å². The molecule has 104 valence electrons. The molecule has 0 fully saturated rings. The van der Waals surface area contributed by atoms with Gasteiger partial charge in [0.25, 0.3) is 0 Å². The van der Waals surface area contributed by atoms with Gasteiger partial charge in [0, 0.05) is 0 Å². The van der Waals surface area contributed by atoms with E-state index in [1.807, 2.05) is 0 Å². The van der Waals surface area contributed by atoms with E-state index in [1.54, 1.807) is 0 Å². The molecule has 1 heteroatoms. The summed E-state index contributed by atoms with van der Waals surface area (Å²) in [5, 5.41) is 0. The SMILES string of the molecule is CC(CCC(C)(C)C)OCC(C)(C)C(C)(C)C. The van der Waals surface area contributed by atoms with Crippen LogP contribution in [0.4, 0.5) is 0 Å². The van der Waals surface area contributed by atoms with Crippen molar-refractivity contribution in [3.05, 3.63) is 0 Å². The largest absolute Gasteiger partial charge is 0.378 e. The molecular weight excluding hydrogens is 208 g/mol. The zero-order chi connectivity index (χ0) is 13.9. The van der Waals surface area contributed by atoms with Crippen molar-refractivity contribution in [1.29, 1.82) is 0 Å². The van der Waals surface area contributed by atoms with E-state index in [-0.39, 0.29) is 10.8 Å². The second-order valence-electron chi connectivity index (χ2n) is 8.35. The Morgan fingerprint density at radius 2 is 1.35 bits per heavy atom. The van der Waals surface area contributed by atoms with Crippen LogP contribution < -0.4 is 0 Å². The van der Waals surface area contributed by atoms with Gasteiger partial charge in [-0.1, -0.05) is 55.4 Å². The standard InChI is InChI=1S/C16H34O/c1-13(10-11-14(2,3)4)17-12-16(8,9)15(5,6)7/h13H,10-12H2,1-9H3. The average molecular weight is 242 g/mol. The first kappa shape index (κ1) is 17.0. The molecule has 0 amide bonds. The molecule has 0 bridgehead atoms. The van der Waals surface area contributed by atoms with E-state index in [1.165, 1.54) is 6.42 Å². The Balaban J connectivity index is 4.04. The summed E-state index contributed by atoms with van der Waals surface area (Å²) in [4.78, 5) is 0. The van der Waals surface area contributed by atoms with E-state index in [9.17, 15) is 0 Å². The third-order valence-electron chi connectivity index (χ3n) is 4.06. The third kappa shape index (κ3) is 7.08. The minimum Gasteiger partial charge on any atom is -0.378 e. The maximum absolute atomic E-state index is 6.03. The lowest BCUT2D eigenvalue weighted by molar-refractivity contribution is -0.0382. The van der Waals surface area contributed by atoms with Gasteiger partial charge in [-0.15, -0.1) is 0 Å². The van der Waals surface area contributed by atoms with Crippen molar-refractivity contribution in [3.8, 4) is 0 Å². The van der Waals surface area contributed by atoms with E-state index in [4.69, 9.17) is 4.74 Å². The van der Waals surface area contributed by atoms with Crippen LogP contribution in [0, 0.1) is 16.2 Å². The Hall–Kier alpha value is -0.0400. The molecule has 0 saturated carbocycles. The predicted octanol–water partition coefficient (Wildman–Crippen LogP) is 5.29. The second kappa shape index (κ2) is 5.73. The van der Waals surface area contributed by atoms with Crippen molar-refractivity contribution in [2.75, 3.05) is 6.61 Å². The lowest BCUT2D eigenvalue weighted by Crippen LogP contribution is -2.35. The summed E-state index contributed by atoms with van der Waals surface area (Å²) in [5.41, 5.74) is 0.927. The molecule has 1 atom stereocenters. The fourth-order valence-corrected chi connectivity index (χ4v) is 1.29. The smallest absolute Gasteiger partial charge is 0.0547 e. The summed E-state index contributed by atoms with van der Waals surface area (Å²) < 4.78 is 6.03. The van der Waals surface area contributed by atoms with E-state index in [0.717, 1.165) is 13.0 Å². The second-order valence-corrected chi connectivity index (χ2v) is 8.35. The van der Waals surface area contributed by atoms with Gasteiger partial charge in [0.05, 0.1) is 12.7 Å². The highest BCUT2D eigenvalue weighted by Crippen LogP contribution is 2.38. The molecule has 0 rings (SSSR count). The Morgan fingerprint density at radius 1 is 0.882 bits per heavy atom. The van der Waals surface area contributed by atoms with Gasteiger partial charge in [0.15, 0.2) is 0 Å². The monoisotopic (exact) mass is 242 g/mol. The van der Waals surface area contributed by atoms with Crippen LogP contribution in [0.3, 0.4) is 0 Å². The molecule has 0 spiro atoms. The van der Waals surface area contributed by atoms with Gasteiger partial charge in [-0.3, -0.25) is 0 Å². The molecule has 0 aromatic carbocycles. The topological polar surface area (TPSA) is 9.23 Å². The van der Waals surface area contributed by atoms with Gasteiger partial charge >= 0.3 is 0 Å². The molecule has 1 unspecified atom stereocenters. The maximum Gasteiger partial charge on any atom is 0.0547 e. The zero-order valence-corrected chi connectivity index (χ0v) is 13.6. The highest BCUT2D eigenvalue weighted by molar-refractivity contribution is 4.82. The minimum atomic E-state index is 0.225. The van der Waals surface area contributed by atoms with Gasteiger partial charge in [-0.2, -0.15) is 0 Å². The molecule has 0 N–H and O–H groups in total. The molecule has 0 aliphatic rings. The highest BCUT2D eigenvalue weighted by Gasteiger charge is 2.33. The van der Waals surface area contributed by atoms with Crippen LogP contribution in [0.5, 0.6) is 0 Å². The van der Waals surface area contributed by atoms with Crippen LogP contribution in [0.25, 0.3) is 0 Å². The number of rotatable bonds is 5. The van der Waals surface area contributed by atoms with Crippen LogP contribution in [0.2, 0.25) is 0 Å². The van der Waals surface area contributed by atoms with E-state index >= 15 is 0 Å². The lowest BCUT2D eigenvalue weighted by Gasteiger charge is -2.39. The number of hydrogen-bond acceptors (Lipinski definition) is 1. The predicted molar refractivity (Wildman–Crippen MR) is 77.3 cm³/mol. The Kier molecular flexibility index (Phi) is 5.72. The highest BCUT2D eigenvalue weighted by atomic mass is 16.5. The van der Waals surface area contributed by atoms with Crippen LogP contribution in [0.1, 0.15) is 75.2 Å². The summed E-state index contributed by atoms with van der Waals surface area (Å²) in [6.07, 6.45) is 2.75. The summed E-state index contributed by atoms with van der Waals surface area (Å²) in [6.45, 7) is 21.4. The molecule has 0 aliphatic heterocycles. The maximum atomic E-state index is 6.03. The molecule has 0 radical (unpaired) electrons. The van der Waals surface area contributed by atoms with E-state index in [2.05, 4.69) is 62.3 Å². The number of ether oxygens (including phenoxy) is 1. The molecular formula is C16H34O. The van der Waals surface area contributed by atoms with Gasteiger partial charge in [0.1, 0.15) is 0 Å². The normalized spacial score (nSPS) is 16.1. The van der Waals surface area contributed by atoms with Crippen molar-refractivity contribution >= 4 is 0 Å². The first-order chi connectivity index (χ1) is 7.35. The van der Waals surface area contributed by atoms with Crippen LogP contribution in [0.15, 0.2) is 0 Å². The van der Waals surface area contributed by atoms with Gasteiger partial charge in [0.2, 0.25) is 0 Å².